The molecule has 4 heterocycles. The number of fused-ring (bicyclic) bond motifs is 1. The van der Waals surface area contributed by atoms with Gasteiger partial charge in [0.1, 0.15) is 17.8 Å². The molecular formula is C19H28N6O3. The van der Waals surface area contributed by atoms with E-state index in [0.29, 0.717) is 31.3 Å². The van der Waals surface area contributed by atoms with Crippen molar-refractivity contribution in [2.75, 3.05) is 42.3 Å². The minimum Gasteiger partial charge on any atom is -0.368 e. The second kappa shape index (κ2) is 7.20. The maximum atomic E-state index is 12.4. The fraction of sp³-hybridized carbons (Fsp3) is 0.684. The molecule has 9 nitrogen and oxygen atoms in total. The Bertz CT molecular complexity index is 786. The van der Waals surface area contributed by atoms with Crippen molar-refractivity contribution in [2.24, 2.45) is 5.92 Å². The zero-order valence-corrected chi connectivity index (χ0v) is 16.9. The molecular weight excluding hydrogens is 360 g/mol. The van der Waals surface area contributed by atoms with Crippen molar-refractivity contribution >= 4 is 29.3 Å². The molecule has 0 bridgehead atoms. The number of carbonyl (C=O) groups is 2. The molecule has 1 aromatic rings. The van der Waals surface area contributed by atoms with Gasteiger partial charge in [0.05, 0.1) is 11.7 Å². The summed E-state index contributed by atoms with van der Waals surface area (Å²) < 4.78 is 5.48. The van der Waals surface area contributed by atoms with Crippen LogP contribution >= 0.6 is 0 Å². The third-order valence-corrected chi connectivity index (χ3v) is 5.70. The Hall–Kier alpha value is -2.42. The van der Waals surface area contributed by atoms with Gasteiger partial charge < -0.3 is 25.2 Å². The highest BCUT2D eigenvalue weighted by molar-refractivity contribution is 6.03. The largest absolute Gasteiger partial charge is 0.368 e. The van der Waals surface area contributed by atoms with Crippen molar-refractivity contribution in [2.45, 2.75) is 51.8 Å². The molecule has 1 aromatic heterocycles. The van der Waals surface area contributed by atoms with Gasteiger partial charge >= 0.3 is 0 Å². The molecule has 2 atom stereocenters. The molecule has 2 saturated heterocycles. The van der Waals surface area contributed by atoms with E-state index in [4.69, 9.17) is 4.74 Å². The maximum absolute atomic E-state index is 12.4. The number of aryl methyl sites for hydroxylation is 1. The predicted octanol–water partition coefficient (Wildman–Crippen LogP) is 1.000. The normalized spacial score (nSPS) is 24.8. The highest BCUT2D eigenvalue weighted by atomic mass is 16.5. The average molecular weight is 388 g/mol. The van der Waals surface area contributed by atoms with Crippen molar-refractivity contribution in [1.82, 2.24) is 14.9 Å². The van der Waals surface area contributed by atoms with Crippen LogP contribution in [0.1, 0.15) is 32.4 Å². The lowest BCUT2D eigenvalue weighted by Crippen LogP contribution is -2.59. The molecule has 0 radical (unpaired) electrons. The van der Waals surface area contributed by atoms with Gasteiger partial charge in [0, 0.05) is 26.7 Å². The summed E-state index contributed by atoms with van der Waals surface area (Å²) in [6, 6.07) is -0.148. The SMILES string of the molecule is Cc1nc(NC2CN(C(=O)[C@H]3CCCO3)C2)nc2c1NC(=O)[C@H](C(C)C)N2C. The monoisotopic (exact) mass is 388 g/mol. The summed E-state index contributed by atoms with van der Waals surface area (Å²) in [7, 11) is 1.89. The molecule has 0 aromatic carbocycles. The van der Waals surface area contributed by atoms with E-state index in [9.17, 15) is 9.59 Å². The number of anilines is 3. The smallest absolute Gasteiger partial charge is 0.251 e. The number of hydrogen-bond acceptors (Lipinski definition) is 7. The van der Waals surface area contributed by atoms with Crippen molar-refractivity contribution in [3.63, 3.8) is 0 Å². The lowest BCUT2D eigenvalue weighted by atomic mass is 9.99. The van der Waals surface area contributed by atoms with Crippen LogP contribution in [-0.2, 0) is 14.3 Å². The van der Waals surface area contributed by atoms with Gasteiger partial charge in [-0.05, 0) is 25.7 Å². The lowest BCUT2D eigenvalue weighted by Gasteiger charge is -2.41. The van der Waals surface area contributed by atoms with Crippen LogP contribution in [0, 0.1) is 12.8 Å². The molecule has 2 amide bonds. The fourth-order valence-electron chi connectivity index (χ4n) is 4.19. The second-order valence-electron chi connectivity index (χ2n) is 8.21. The molecule has 4 rings (SSSR count). The third kappa shape index (κ3) is 3.28. The van der Waals surface area contributed by atoms with E-state index in [1.54, 1.807) is 0 Å². The van der Waals surface area contributed by atoms with E-state index in [1.807, 2.05) is 37.6 Å². The minimum atomic E-state index is -0.270. The van der Waals surface area contributed by atoms with Gasteiger partial charge in [-0.1, -0.05) is 13.8 Å². The number of rotatable bonds is 4. The Kier molecular flexibility index (Phi) is 4.86. The molecule has 9 heteroatoms. The van der Waals surface area contributed by atoms with Gasteiger partial charge in [-0.15, -0.1) is 0 Å². The Labute approximate surface area is 164 Å². The first kappa shape index (κ1) is 18.9. The number of likely N-dealkylation sites (N-methyl/N-ethyl adjacent to an activating group) is 1. The van der Waals surface area contributed by atoms with Crippen molar-refractivity contribution in [1.29, 1.82) is 0 Å². The van der Waals surface area contributed by atoms with Crippen LogP contribution in [0.5, 0.6) is 0 Å². The molecule has 3 aliphatic heterocycles. The first-order valence-corrected chi connectivity index (χ1v) is 9.94. The number of carbonyl (C=O) groups excluding carboxylic acids is 2. The van der Waals surface area contributed by atoms with E-state index >= 15 is 0 Å². The first-order valence-electron chi connectivity index (χ1n) is 9.94. The van der Waals surface area contributed by atoms with Crippen LogP contribution in [0.3, 0.4) is 0 Å². The molecule has 152 valence electrons. The zero-order valence-electron chi connectivity index (χ0n) is 16.9. The maximum Gasteiger partial charge on any atom is 0.251 e. The Balaban J connectivity index is 1.44. The minimum absolute atomic E-state index is 0.0281. The van der Waals surface area contributed by atoms with Crippen LogP contribution in [0.25, 0.3) is 0 Å². The van der Waals surface area contributed by atoms with E-state index in [2.05, 4.69) is 20.6 Å². The van der Waals surface area contributed by atoms with Gasteiger partial charge in [0.25, 0.3) is 5.91 Å². The van der Waals surface area contributed by atoms with E-state index in [-0.39, 0.29) is 35.9 Å². The molecule has 2 fully saturated rings. The molecule has 3 aliphatic rings. The summed E-state index contributed by atoms with van der Waals surface area (Å²) in [6.45, 7) is 7.83. The topological polar surface area (TPSA) is 99.7 Å². The van der Waals surface area contributed by atoms with Crippen molar-refractivity contribution in [3.05, 3.63) is 5.69 Å². The Morgan fingerprint density at radius 3 is 2.71 bits per heavy atom. The first-order chi connectivity index (χ1) is 13.3. The van der Waals surface area contributed by atoms with Crippen LogP contribution in [0.2, 0.25) is 0 Å². The van der Waals surface area contributed by atoms with Gasteiger partial charge in [0.2, 0.25) is 11.9 Å². The van der Waals surface area contributed by atoms with Crippen LogP contribution in [-0.4, -0.2) is 71.6 Å². The average Bonchev–Trinajstić information content (AvgIpc) is 3.12. The lowest BCUT2D eigenvalue weighted by molar-refractivity contribution is -0.145. The summed E-state index contributed by atoms with van der Waals surface area (Å²) in [5.41, 5.74) is 1.39. The van der Waals surface area contributed by atoms with Crippen LogP contribution in [0.4, 0.5) is 17.5 Å². The second-order valence-corrected chi connectivity index (χ2v) is 8.21. The number of nitrogens with zero attached hydrogens (tertiary/aromatic N) is 4. The van der Waals surface area contributed by atoms with E-state index < -0.39 is 0 Å². The van der Waals surface area contributed by atoms with Gasteiger partial charge in [-0.3, -0.25) is 9.59 Å². The quantitative estimate of drug-likeness (QED) is 0.794. The summed E-state index contributed by atoms with van der Waals surface area (Å²) >= 11 is 0. The number of ether oxygens (including phenoxy) is 1. The highest BCUT2D eigenvalue weighted by Gasteiger charge is 2.38. The fourth-order valence-corrected chi connectivity index (χ4v) is 4.19. The molecule has 0 saturated carbocycles. The molecule has 2 N–H and O–H groups in total. The van der Waals surface area contributed by atoms with Crippen molar-refractivity contribution < 1.29 is 14.3 Å². The van der Waals surface area contributed by atoms with Crippen LogP contribution < -0.4 is 15.5 Å². The van der Waals surface area contributed by atoms with Crippen molar-refractivity contribution in [3.8, 4) is 0 Å². The number of amides is 2. The van der Waals surface area contributed by atoms with E-state index in [1.165, 1.54) is 0 Å². The molecule has 0 unspecified atom stereocenters. The van der Waals surface area contributed by atoms with Gasteiger partial charge in [-0.25, -0.2) is 4.98 Å². The molecule has 0 spiro atoms. The number of hydrogen-bond donors (Lipinski definition) is 2. The third-order valence-electron chi connectivity index (χ3n) is 5.70. The standard InChI is InChI=1S/C19H28N6O3/c1-10(2)15-17(26)22-14-11(3)20-19(23-16(14)24(15)4)21-12-8-25(9-12)18(27)13-6-5-7-28-13/h10,12-13,15H,5-9H2,1-4H3,(H,22,26)(H,20,21,23)/t13-,15+/m1/s1. The molecule has 0 aliphatic carbocycles. The Morgan fingerprint density at radius 2 is 2.07 bits per heavy atom. The number of likely N-dealkylation sites (tertiary alicyclic amines) is 1. The van der Waals surface area contributed by atoms with Gasteiger partial charge in [-0.2, -0.15) is 4.98 Å². The zero-order chi connectivity index (χ0) is 20.0. The van der Waals surface area contributed by atoms with Gasteiger partial charge in [0.15, 0.2) is 5.82 Å². The number of nitrogens with one attached hydrogen (secondary N) is 2. The summed E-state index contributed by atoms with van der Waals surface area (Å²) in [4.78, 5) is 37.7. The molecule has 28 heavy (non-hydrogen) atoms. The highest BCUT2D eigenvalue weighted by Crippen LogP contribution is 2.34. The Morgan fingerprint density at radius 1 is 1.32 bits per heavy atom. The predicted molar refractivity (Wildman–Crippen MR) is 105 cm³/mol. The summed E-state index contributed by atoms with van der Waals surface area (Å²) in [6.07, 6.45) is 1.50. The summed E-state index contributed by atoms with van der Waals surface area (Å²) in [5, 5.41) is 6.28. The number of aromatic nitrogens is 2. The van der Waals surface area contributed by atoms with E-state index in [0.717, 1.165) is 24.4 Å². The summed E-state index contributed by atoms with van der Waals surface area (Å²) in [5.74, 6) is 1.46. The van der Waals surface area contributed by atoms with Crippen LogP contribution in [0.15, 0.2) is 0 Å².